The zero-order valence-electron chi connectivity index (χ0n) is 72.2. The Morgan fingerprint density at radius 1 is 0.481 bits per heavy atom. The van der Waals surface area contributed by atoms with E-state index in [1.54, 1.807) is 66.6 Å². The monoisotopic (exact) mass is 1850 g/mol. The molecule has 0 unspecified atom stereocenters. The number of hydrogen-bond donors (Lipinski definition) is 5. The molecule has 10 aromatic rings. The number of nitrogens with one attached hydrogen (secondary N) is 4. The standard InChI is InChI=1S/C24H23ClF2N4O2.C23H21ClF2N4O3.C23H23ClFN5O3.C23H24FN5O3/c1-4-19(32)30-8-10-31(11-9-30)24-15-12-16(25)20(21-17(26)6-5-7-18(21)33-3)22(27)23(15)29-14(2)13-28-24;1-3-18(31)30-9-7-29(8-10-30)17-12-27-23(32)13-11-14(24)19(21(26)22(13)28-17)20-15(25)5-4-6-16(20)33-2;1-4-20(32)28-8-10-29(11-9-28)23-22(26-14(2)31)27-19-12-15(16(24)13-30(19)23)21-17(25)6-5-7-18(21)33-3;1-4-20(32)27-8-10-28(11-9-27)23-22(25-15(3)30)26-19-12-16(14(2)13-29(19)23)21-17(24)6-5-7-18(21)31/h4-7,12,29H,1-2,8-11,13H2,3H3;3-6,11H,1,7-10,12H2,2H3,(H,27,32);4-7,12-13H,1,8-11H2,2-3H3,(H,26,31);4-7,12-13,31H,1,8-11H2,2-3H3,(H,25,30). The Balaban J connectivity index is 0.000000149. The number of aromatic nitrogens is 4. The summed E-state index contributed by atoms with van der Waals surface area (Å²) in [5.41, 5.74) is 3.20. The molecule has 0 atom stereocenters. The quantitative estimate of drug-likeness (QED) is 0.0470. The van der Waals surface area contributed by atoms with E-state index >= 15 is 8.78 Å². The molecule has 0 saturated carbocycles. The average Bonchev–Trinajstić information content (AvgIpc) is 1.36. The fraction of sp³-hybridized carbons (Fsp3) is 0.258. The number of carbonyl (C=O) groups is 7. The number of methoxy groups -OCH3 is 3. The first-order valence-electron chi connectivity index (χ1n) is 41.1. The first-order valence-corrected chi connectivity index (χ1v) is 42.3. The van der Waals surface area contributed by atoms with Crippen molar-refractivity contribution in [3.63, 3.8) is 0 Å². The van der Waals surface area contributed by atoms with Crippen LogP contribution in [-0.4, -0.2) is 245 Å². The van der Waals surface area contributed by atoms with Crippen molar-refractivity contribution in [3.8, 4) is 67.5 Å². The molecule has 0 spiro atoms. The van der Waals surface area contributed by atoms with Crippen molar-refractivity contribution in [2.24, 2.45) is 9.98 Å². The van der Waals surface area contributed by atoms with Gasteiger partial charge in [0.15, 0.2) is 34.9 Å². The highest BCUT2D eigenvalue weighted by molar-refractivity contribution is 6.35. The number of benzodiazepines with no additional fused rings is 1. The number of amidine groups is 2. The van der Waals surface area contributed by atoms with Crippen molar-refractivity contribution in [2.75, 3.05) is 165 Å². The summed E-state index contributed by atoms with van der Waals surface area (Å²) in [7, 11) is 4.19. The number of nitrogens with zero attached hydrogens (tertiary/aromatic N) is 14. The van der Waals surface area contributed by atoms with Crippen LogP contribution in [0.3, 0.4) is 0 Å². The Kier molecular flexibility index (Phi) is 29.5. The number of aromatic hydroxyl groups is 1. The van der Waals surface area contributed by atoms with E-state index in [4.69, 9.17) is 49.0 Å². The Morgan fingerprint density at radius 3 is 1.32 bits per heavy atom. The number of imidazole rings is 2. The number of benzene rings is 6. The van der Waals surface area contributed by atoms with Crippen LogP contribution < -0.4 is 45.3 Å². The SMILES string of the molecule is C=CC(=O)N1CCN(C2=NCC(=C)Nc3c2cc(Cl)c(-c2c(F)cccc2OC)c3F)CC1.C=CC(=O)N1CCN(C2=Nc3c(cc(Cl)c(-c4c(F)cccc4OC)c3F)C(=O)NC2)CC1.C=CC(=O)N1CCN(c2c(NC(C)=O)nc3cc(-c4c(F)cccc4OC)c(Cl)cn23)CC1.C=CC(=O)N1CCN(c2c(NC(C)=O)nc3cc(-c4c(O)cccc4F)c(C)cn23)CC1. The lowest BCUT2D eigenvalue weighted by Gasteiger charge is -2.36. The van der Waals surface area contributed by atoms with Gasteiger partial charge in [-0.25, -0.2) is 41.3 Å². The van der Waals surface area contributed by atoms with E-state index in [0.717, 1.165) is 5.56 Å². The number of hydrogen-bond acceptors (Lipinski definition) is 20. The smallest absolute Gasteiger partial charge is 0.254 e. The minimum absolute atomic E-state index is 0.0251. The number of ether oxygens (including phenoxy) is 3. The fourth-order valence-corrected chi connectivity index (χ4v) is 16.9. The van der Waals surface area contributed by atoms with Crippen LogP contribution in [0.2, 0.25) is 15.1 Å². The molecule has 7 amide bonds. The van der Waals surface area contributed by atoms with Gasteiger partial charge in [0.2, 0.25) is 35.4 Å². The summed E-state index contributed by atoms with van der Waals surface area (Å²) in [6, 6.07) is 23.3. The van der Waals surface area contributed by atoms with Crippen LogP contribution in [0, 0.1) is 41.8 Å². The minimum atomic E-state index is -0.920. The van der Waals surface area contributed by atoms with Crippen molar-refractivity contribution in [1.29, 1.82) is 0 Å². The highest BCUT2D eigenvalue weighted by atomic mass is 35.5. The summed E-state index contributed by atoms with van der Waals surface area (Å²) >= 11 is 19.5. The van der Waals surface area contributed by atoms with Crippen molar-refractivity contribution in [2.45, 2.75) is 20.8 Å². The van der Waals surface area contributed by atoms with E-state index in [9.17, 15) is 56.2 Å². The van der Waals surface area contributed by atoms with Crippen LogP contribution in [0.25, 0.3) is 55.8 Å². The number of phenolic OH excluding ortho intramolecular Hbond substituents is 1. The van der Waals surface area contributed by atoms with Crippen molar-refractivity contribution in [1.82, 2.24) is 53.5 Å². The van der Waals surface area contributed by atoms with E-state index in [1.165, 1.54) is 120 Å². The summed E-state index contributed by atoms with van der Waals surface area (Å²) < 4.78 is 110. The Morgan fingerprint density at radius 2 is 0.878 bits per heavy atom. The molecule has 16 rings (SSSR count). The molecule has 4 aromatic heterocycles. The van der Waals surface area contributed by atoms with Gasteiger partial charge in [-0.1, -0.05) is 92.0 Å². The number of aryl methyl sites for hydroxylation is 1. The summed E-state index contributed by atoms with van der Waals surface area (Å²) in [6.07, 6.45) is 8.60. The Bertz CT molecular complexity index is 6310. The van der Waals surface area contributed by atoms with E-state index < -0.39 is 40.8 Å². The third-order valence-electron chi connectivity index (χ3n) is 22.4. The number of carbonyl (C=O) groups excluding carboxylic acids is 7. The van der Waals surface area contributed by atoms with Gasteiger partial charge in [0, 0.05) is 159 Å². The number of phenols is 1. The van der Waals surface area contributed by atoms with Gasteiger partial charge in [-0.15, -0.1) is 0 Å². The largest absolute Gasteiger partial charge is 0.507 e. The molecular formula is C93H91Cl3F6N18O11. The third-order valence-corrected chi connectivity index (χ3v) is 23.3. The van der Waals surface area contributed by atoms with Crippen LogP contribution in [0.4, 0.5) is 61.0 Å². The van der Waals surface area contributed by atoms with Gasteiger partial charge in [-0.05, 0) is 115 Å². The van der Waals surface area contributed by atoms with Crippen LogP contribution in [0.15, 0.2) is 182 Å². The van der Waals surface area contributed by atoms with E-state index in [-0.39, 0.29) is 126 Å². The third kappa shape index (κ3) is 20.0. The maximum absolute atomic E-state index is 16.0. The van der Waals surface area contributed by atoms with Crippen LogP contribution in [-0.2, 0) is 28.8 Å². The van der Waals surface area contributed by atoms with Gasteiger partial charge in [0.1, 0.15) is 74.9 Å². The lowest BCUT2D eigenvalue weighted by atomic mass is 9.98. The molecule has 6 aliphatic heterocycles. The maximum atomic E-state index is 16.0. The van der Waals surface area contributed by atoms with Gasteiger partial charge < -0.3 is 79.8 Å². The topological polar surface area (TPSA) is 301 Å². The Hall–Kier alpha value is -14.3. The van der Waals surface area contributed by atoms with Crippen molar-refractivity contribution >= 4 is 134 Å². The first kappa shape index (κ1) is 94.3. The van der Waals surface area contributed by atoms with Gasteiger partial charge in [-0.3, -0.25) is 47.4 Å². The first-order chi connectivity index (χ1) is 62.8. The summed E-state index contributed by atoms with van der Waals surface area (Å²) in [5.74, 6) is -2.16. The lowest BCUT2D eigenvalue weighted by molar-refractivity contribution is -0.128. The van der Waals surface area contributed by atoms with Crippen molar-refractivity contribution < 1.29 is 79.2 Å². The lowest BCUT2D eigenvalue weighted by Crippen LogP contribution is -2.52. The van der Waals surface area contributed by atoms with Gasteiger partial charge in [-0.2, -0.15) is 0 Å². The van der Waals surface area contributed by atoms with Gasteiger partial charge in [0.25, 0.3) is 5.91 Å². The van der Waals surface area contributed by atoms with Crippen LogP contribution in [0.1, 0.15) is 35.3 Å². The molecule has 0 bridgehead atoms. The van der Waals surface area contributed by atoms with Gasteiger partial charge in [0.05, 0.1) is 83.0 Å². The molecule has 5 N–H and O–H groups in total. The normalized spacial score (nSPS) is 14.9. The minimum Gasteiger partial charge on any atom is -0.507 e. The van der Waals surface area contributed by atoms with E-state index in [1.807, 2.05) is 32.2 Å². The highest BCUT2D eigenvalue weighted by Crippen LogP contribution is 2.48. The second kappa shape index (κ2) is 41.0. The molecule has 6 aromatic carbocycles. The Labute approximate surface area is 764 Å². The molecule has 29 nitrogen and oxygen atoms in total. The number of rotatable bonds is 15. The highest BCUT2D eigenvalue weighted by Gasteiger charge is 2.36. The number of aliphatic imine (C=N–C) groups is 2. The number of fused-ring (bicyclic) bond motifs is 4. The molecule has 4 saturated heterocycles. The second-order valence-corrected chi connectivity index (χ2v) is 31.7. The predicted octanol–water partition coefficient (Wildman–Crippen LogP) is 14.3. The summed E-state index contributed by atoms with van der Waals surface area (Å²) in [4.78, 5) is 117. The fourth-order valence-electron chi connectivity index (χ4n) is 16.1. The summed E-state index contributed by atoms with van der Waals surface area (Å²) in [6.45, 7) is 30.9. The predicted molar refractivity (Wildman–Crippen MR) is 493 cm³/mol. The second-order valence-electron chi connectivity index (χ2n) is 30.4. The molecule has 131 heavy (non-hydrogen) atoms. The average molecular weight is 1860 g/mol. The molecular weight excluding hydrogens is 1770 g/mol. The molecule has 6 aliphatic rings. The molecule has 0 aliphatic carbocycles. The molecule has 682 valence electrons. The van der Waals surface area contributed by atoms with Crippen molar-refractivity contribution in [3.05, 3.63) is 239 Å². The molecule has 10 heterocycles. The van der Waals surface area contributed by atoms with Crippen LogP contribution >= 0.6 is 34.8 Å². The van der Waals surface area contributed by atoms with Crippen LogP contribution in [0.5, 0.6) is 23.0 Å². The van der Waals surface area contributed by atoms with E-state index in [2.05, 4.69) is 79.0 Å². The number of anilines is 5. The maximum Gasteiger partial charge on any atom is 0.254 e. The molecule has 38 heteroatoms. The number of halogens is 9. The summed E-state index contributed by atoms with van der Waals surface area (Å²) in [5, 5.41) is 21.6. The number of piperazine rings is 4. The number of amides is 7. The number of pyridine rings is 2. The molecule has 0 radical (unpaired) electrons. The zero-order valence-corrected chi connectivity index (χ0v) is 74.4. The van der Waals surface area contributed by atoms with Gasteiger partial charge >= 0.3 is 0 Å². The van der Waals surface area contributed by atoms with E-state index in [0.29, 0.717) is 184 Å². The molecule has 4 fully saturated rings. The zero-order chi connectivity index (χ0) is 94.1.